The third-order valence-corrected chi connectivity index (χ3v) is 7.30. The molecule has 2 unspecified atom stereocenters. The predicted molar refractivity (Wildman–Crippen MR) is 115 cm³/mol. The van der Waals surface area contributed by atoms with E-state index in [-0.39, 0.29) is 35.6 Å². The van der Waals surface area contributed by atoms with Gasteiger partial charge in [-0.15, -0.1) is 0 Å². The molecule has 8 nitrogen and oxygen atoms in total. The number of nitrogens with zero attached hydrogens (tertiary/aromatic N) is 4. The maximum absolute atomic E-state index is 13.6. The van der Waals surface area contributed by atoms with Crippen LogP contribution in [0, 0.1) is 11.8 Å². The van der Waals surface area contributed by atoms with Crippen molar-refractivity contribution in [1.82, 2.24) is 19.6 Å². The van der Waals surface area contributed by atoms with Crippen LogP contribution in [-0.2, 0) is 4.79 Å². The van der Waals surface area contributed by atoms with Gasteiger partial charge in [0.25, 0.3) is 11.8 Å². The number of amides is 2. The van der Waals surface area contributed by atoms with Crippen molar-refractivity contribution in [2.24, 2.45) is 11.8 Å². The van der Waals surface area contributed by atoms with Crippen LogP contribution < -0.4 is 5.32 Å². The number of carbonyl (C=O) groups is 3. The highest BCUT2D eigenvalue weighted by Crippen LogP contribution is 2.35. The topological polar surface area (TPSA) is 87.5 Å². The van der Waals surface area contributed by atoms with Gasteiger partial charge in [0.05, 0.1) is 5.52 Å². The summed E-state index contributed by atoms with van der Waals surface area (Å²) in [5.74, 6) is -0.0404. The summed E-state index contributed by atoms with van der Waals surface area (Å²) in [4.78, 5) is 43.0. The average molecular weight is 422 g/mol. The fourth-order valence-corrected chi connectivity index (χ4v) is 5.04. The lowest BCUT2D eigenvalue weighted by molar-refractivity contribution is -0.117. The normalized spacial score (nSPS) is 25.8. The van der Waals surface area contributed by atoms with Gasteiger partial charge < -0.3 is 10.2 Å². The predicted octanol–water partition coefficient (Wildman–Crippen LogP) is 2.35. The van der Waals surface area contributed by atoms with Gasteiger partial charge in [-0.3, -0.25) is 19.3 Å². The maximum Gasteiger partial charge on any atom is 0.275 e. The molecule has 0 spiro atoms. The molecule has 31 heavy (non-hydrogen) atoms. The van der Waals surface area contributed by atoms with E-state index < -0.39 is 0 Å². The quantitative estimate of drug-likeness (QED) is 0.819. The largest absolute Gasteiger partial charge is 0.331 e. The SMILES string of the molecule is CN1CC2CCC1CN2C(=O)c1nn(C(=O)C2CC2)c2ccc(NC(=O)C3CC3)cc12. The minimum atomic E-state index is -0.110. The number of fused-ring (bicyclic) bond motifs is 4. The Kier molecular flexibility index (Phi) is 4.21. The number of hydrogen-bond acceptors (Lipinski definition) is 5. The summed E-state index contributed by atoms with van der Waals surface area (Å²) in [5, 5.41) is 8.14. The molecule has 1 aromatic heterocycles. The Morgan fingerprint density at radius 1 is 0.968 bits per heavy atom. The summed E-state index contributed by atoms with van der Waals surface area (Å²) >= 11 is 0. The Morgan fingerprint density at radius 2 is 1.71 bits per heavy atom. The molecule has 2 aromatic rings. The highest BCUT2D eigenvalue weighted by atomic mass is 16.2. The summed E-state index contributed by atoms with van der Waals surface area (Å²) in [7, 11) is 2.12. The van der Waals surface area contributed by atoms with Gasteiger partial charge >= 0.3 is 0 Å². The highest BCUT2D eigenvalue weighted by Gasteiger charge is 2.41. The Hall–Kier alpha value is -2.74. The molecule has 2 amide bonds. The van der Waals surface area contributed by atoms with E-state index >= 15 is 0 Å². The second kappa shape index (κ2) is 6.88. The van der Waals surface area contributed by atoms with Gasteiger partial charge in [-0.25, -0.2) is 0 Å². The summed E-state index contributed by atoms with van der Waals surface area (Å²) < 4.78 is 1.42. The van der Waals surface area contributed by atoms with Gasteiger partial charge in [0, 0.05) is 48.1 Å². The molecule has 8 heteroatoms. The lowest BCUT2D eigenvalue weighted by Crippen LogP contribution is -2.62. The Balaban J connectivity index is 1.38. The number of anilines is 1. The fraction of sp³-hybridized carbons (Fsp3) is 0.565. The van der Waals surface area contributed by atoms with Crippen molar-refractivity contribution in [1.29, 1.82) is 0 Å². The Bertz CT molecular complexity index is 1100. The number of hydrogen-bond donors (Lipinski definition) is 1. The molecule has 3 saturated heterocycles. The Morgan fingerprint density at radius 3 is 2.35 bits per heavy atom. The Labute approximate surface area is 180 Å². The number of benzene rings is 1. The summed E-state index contributed by atoms with van der Waals surface area (Å²) in [6.07, 6.45) is 5.72. The van der Waals surface area contributed by atoms with E-state index in [9.17, 15) is 14.4 Å². The van der Waals surface area contributed by atoms with Crippen LogP contribution >= 0.6 is 0 Å². The lowest BCUT2D eigenvalue weighted by atomic mass is 9.91. The van der Waals surface area contributed by atoms with Crippen molar-refractivity contribution < 1.29 is 14.4 Å². The number of piperidine rings is 2. The van der Waals surface area contributed by atoms with E-state index in [1.807, 2.05) is 4.90 Å². The number of piperazine rings is 1. The van der Waals surface area contributed by atoms with Crippen LogP contribution in [0.1, 0.15) is 53.8 Å². The van der Waals surface area contributed by atoms with Crippen molar-refractivity contribution in [2.45, 2.75) is 50.6 Å². The molecule has 3 aliphatic heterocycles. The molecule has 1 N–H and O–H groups in total. The van der Waals surface area contributed by atoms with Gasteiger partial charge in [-0.2, -0.15) is 9.78 Å². The van der Waals surface area contributed by atoms with Crippen molar-refractivity contribution in [3.05, 3.63) is 23.9 Å². The van der Waals surface area contributed by atoms with Gasteiger partial charge in [0.15, 0.2) is 5.69 Å². The number of aromatic nitrogens is 2. The first kappa shape index (κ1) is 19.0. The van der Waals surface area contributed by atoms with Crippen LogP contribution in [0.2, 0.25) is 0 Å². The zero-order valence-electron chi connectivity index (χ0n) is 17.7. The van der Waals surface area contributed by atoms with Gasteiger partial charge in [0.1, 0.15) is 0 Å². The fourth-order valence-electron chi connectivity index (χ4n) is 5.04. The zero-order valence-corrected chi connectivity index (χ0v) is 17.7. The van der Waals surface area contributed by atoms with Crippen molar-refractivity contribution >= 4 is 34.3 Å². The monoisotopic (exact) mass is 421 g/mol. The van der Waals surface area contributed by atoms with Crippen LogP contribution in [0.3, 0.4) is 0 Å². The van der Waals surface area contributed by atoms with E-state index in [1.165, 1.54) is 4.68 Å². The zero-order chi connectivity index (χ0) is 21.3. The second-order valence-electron chi connectivity index (χ2n) is 9.65. The molecule has 2 aliphatic carbocycles. The number of carbonyl (C=O) groups excluding carboxylic acids is 3. The van der Waals surface area contributed by atoms with Crippen molar-refractivity contribution in [3.8, 4) is 0 Å². The molecular formula is C23H27N5O3. The first-order valence-corrected chi connectivity index (χ1v) is 11.4. The van der Waals surface area contributed by atoms with Gasteiger partial charge in [0.2, 0.25) is 5.91 Å². The second-order valence-corrected chi connectivity index (χ2v) is 9.65. The summed E-state index contributed by atoms with van der Waals surface area (Å²) in [6, 6.07) is 5.97. The van der Waals surface area contributed by atoms with Crippen LogP contribution in [0.15, 0.2) is 18.2 Å². The maximum atomic E-state index is 13.6. The van der Waals surface area contributed by atoms with E-state index in [0.717, 1.165) is 45.1 Å². The summed E-state index contributed by atoms with van der Waals surface area (Å²) in [5.41, 5.74) is 1.61. The minimum absolute atomic E-state index is 0.0000493. The molecule has 5 fully saturated rings. The van der Waals surface area contributed by atoms with Crippen LogP contribution in [0.5, 0.6) is 0 Å². The molecule has 162 valence electrons. The molecule has 7 rings (SSSR count). The third kappa shape index (κ3) is 3.24. The van der Waals surface area contributed by atoms with E-state index in [0.29, 0.717) is 34.9 Å². The smallest absolute Gasteiger partial charge is 0.275 e. The first-order valence-electron chi connectivity index (χ1n) is 11.4. The average Bonchev–Trinajstić information content (AvgIpc) is 3.68. The highest BCUT2D eigenvalue weighted by molar-refractivity contribution is 6.09. The van der Waals surface area contributed by atoms with Crippen LogP contribution in [-0.4, -0.2) is 69.5 Å². The van der Waals surface area contributed by atoms with Gasteiger partial charge in [-0.1, -0.05) is 0 Å². The molecule has 1 aromatic carbocycles. The molecular weight excluding hydrogens is 394 g/mol. The lowest BCUT2D eigenvalue weighted by Gasteiger charge is -2.50. The van der Waals surface area contributed by atoms with Gasteiger partial charge in [-0.05, 0) is 63.8 Å². The molecule has 2 atom stereocenters. The number of rotatable bonds is 4. The van der Waals surface area contributed by atoms with Crippen LogP contribution in [0.25, 0.3) is 10.9 Å². The molecule has 0 radical (unpaired) electrons. The van der Waals surface area contributed by atoms with E-state index in [2.05, 4.69) is 22.4 Å². The first-order chi connectivity index (χ1) is 15.0. The van der Waals surface area contributed by atoms with E-state index in [1.54, 1.807) is 18.2 Å². The summed E-state index contributed by atoms with van der Waals surface area (Å²) in [6.45, 7) is 1.57. The standard InChI is InChI=1S/C23H27N5O3/c1-26-11-17-8-7-16(26)12-27(17)23(31)20-18-10-15(24-21(29)13-2-3-13)6-9-19(18)28(25-20)22(30)14-4-5-14/h6,9-10,13-14,16-17H,2-5,7-8,11-12H2,1H3,(H,24,29). The molecule has 2 saturated carbocycles. The van der Waals surface area contributed by atoms with E-state index in [4.69, 9.17) is 0 Å². The van der Waals surface area contributed by atoms with Crippen LogP contribution in [0.4, 0.5) is 5.69 Å². The van der Waals surface area contributed by atoms with Crippen molar-refractivity contribution in [3.63, 3.8) is 0 Å². The molecule has 4 heterocycles. The molecule has 2 bridgehead atoms. The minimum Gasteiger partial charge on any atom is -0.331 e. The third-order valence-electron chi connectivity index (χ3n) is 7.30. The molecule has 5 aliphatic rings. The number of nitrogens with one attached hydrogen (secondary N) is 1. The number of likely N-dealkylation sites (N-methyl/N-ethyl adjacent to an activating group) is 1. The van der Waals surface area contributed by atoms with Crippen molar-refractivity contribution in [2.75, 3.05) is 25.5 Å².